The van der Waals surface area contributed by atoms with Gasteiger partial charge in [0.2, 0.25) is 0 Å². The molecule has 0 atom stereocenters. The van der Waals surface area contributed by atoms with Gasteiger partial charge >= 0.3 is 0 Å². The van der Waals surface area contributed by atoms with Crippen molar-refractivity contribution in [3.8, 4) is 17.4 Å². The molecule has 8 nitrogen and oxygen atoms in total. The van der Waals surface area contributed by atoms with Crippen molar-refractivity contribution in [2.24, 2.45) is 5.73 Å². The monoisotopic (exact) mass is 464 g/mol. The van der Waals surface area contributed by atoms with Crippen molar-refractivity contribution in [3.63, 3.8) is 0 Å². The molecular formula is C22H13ClN4O4S. The van der Waals surface area contributed by atoms with Crippen LogP contribution in [-0.4, -0.2) is 10.8 Å². The van der Waals surface area contributed by atoms with E-state index in [0.717, 1.165) is 0 Å². The van der Waals surface area contributed by atoms with Crippen LogP contribution in [0.3, 0.4) is 0 Å². The number of hydrogen-bond acceptors (Lipinski definition) is 7. The molecule has 3 aromatic rings. The fraction of sp³-hybridized carbons (Fsp3) is 0. The second-order valence-electron chi connectivity index (χ2n) is 6.53. The SMILES string of the molecule is N#CC(C(N)=O)=C1SC=C(c2ccc(-c3ccc([N+](=O)[O-])cc3Cl)o2)N1c1ccccc1. The molecule has 32 heavy (non-hydrogen) atoms. The number of nitrogens with zero attached hydrogens (tertiary/aromatic N) is 3. The van der Waals surface area contributed by atoms with E-state index in [1.165, 1.54) is 30.0 Å². The Bertz CT molecular complexity index is 1340. The van der Waals surface area contributed by atoms with E-state index in [-0.39, 0.29) is 16.3 Å². The maximum atomic E-state index is 11.8. The highest BCUT2D eigenvalue weighted by atomic mass is 35.5. The third kappa shape index (κ3) is 3.85. The molecule has 0 spiro atoms. The minimum Gasteiger partial charge on any atom is -0.454 e. The first kappa shape index (κ1) is 21.2. The molecule has 2 aromatic carbocycles. The number of halogens is 1. The molecule has 1 aromatic heterocycles. The topological polar surface area (TPSA) is 126 Å². The van der Waals surface area contributed by atoms with Gasteiger partial charge in [-0.2, -0.15) is 5.26 Å². The zero-order chi connectivity index (χ0) is 22.8. The van der Waals surface area contributed by atoms with Crippen LogP contribution in [0.2, 0.25) is 5.02 Å². The summed E-state index contributed by atoms with van der Waals surface area (Å²) in [6.07, 6.45) is 0. The van der Waals surface area contributed by atoms with Crippen LogP contribution in [0.4, 0.5) is 11.4 Å². The van der Waals surface area contributed by atoms with Gasteiger partial charge in [0.05, 0.1) is 15.6 Å². The van der Waals surface area contributed by atoms with Gasteiger partial charge in [0.1, 0.15) is 22.4 Å². The molecule has 10 heteroatoms. The van der Waals surface area contributed by atoms with Crippen molar-refractivity contribution in [1.82, 2.24) is 0 Å². The molecule has 1 aliphatic rings. The van der Waals surface area contributed by atoms with Gasteiger partial charge in [-0.3, -0.25) is 19.8 Å². The maximum Gasteiger partial charge on any atom is 0.270 e. The quantitative estimate of drug-likeness (QED) is 0.235. The number of anilines is 1. The van der Waals surface area contributed by atoms with Gasteiger partial charge in [0, 0.05) is 28.8 Å². The third-order valence-corrected chi connectivity index (χ3v) is 5.86. The second-order valence-corrected chi connectivity index (χ2v) is 7.80. The summed E-state index contributed by atoms with van der Waals surface area (Å²) in [7, 11) is 0. The minimum absolute atomic E-state index is 0.124. The Labute approximate surface area is 191 Å². The van der Waals surface area contributed by atoms with Gasteiger partial charge in [-0.25, -0.2) is 0 Å². The molecule has 158 valence electrons. The summed E-state index contributed by atoms with van der Waals surface area (Å²) >= 11 is 7.41. The van der Waals surface area contributed by atoms with Crippen LogP contribution in [-0.2, 0) is 4.79 Å². The molecule has 2 heterocycles. The number of para-hydroxylation sites is 1. The second kappa shape index (κ2) is 8.63. The van der Waals surface area contributed by atoms with E-state index in [4.69, 9.17) is 21.8 Å². The molecular weight excluding hydrogens is 452 g/mol. The van der Waals surface area contributed by atoms with Crippen LogP contribution in [0.15, 0.2) is 81.1 Å². The highest BCUT2D eigenvalue weighted by Gasteiger charge is 2.31. The molecule has 1 aliphatic heterocycles. The first-order valence-corrected chi connectivity index (χ1v) is 10.4. The Hall–Kier alpha value is -4.00. The molecule has 0 unspecified atom stereocenters. The van der Waals surface area contributed by atoms with Gasteiger partial charge in [0.25, 0.3) is 11.6 Å². The van der Waals surface area contributed by atoms with Gasteiger partial charge in [-0.05, 0) is 30.3 Å². The summed E-state index contributed by atoms with van der Waals surface area (Å²) in [5, 5.41) is 22.7. The highest BCUT2D eigenvalue weighted by Crippen LogP contribution is 2.45. The summed E-state index contributed by atoms with van der Waals surface area (Å²) in [6, 6.07) is 18.6. The number of non-ortho nitro benzene ring substituents is 1. The molecule has 4 rings (SSSR count). The predicted octanol–water partition coefficient (Wildman–Crippen LogP) is 5.28. The van der Waals surface area contributed by atoms with E-state index in [0.29, 0.717) is 33.5 Å². The number of rotatable bonds is 5. The van der Waals surface area contributed by atoms with Gasteiger partial charge < -0.3 is 10.2 Å². The van der Waals surface area contributed by atoms with Crippen LogP contribution in [0.25, 0.3) is 17.0 Å². The third-order valence-electron chi connectivity index (χ3n) is 4.60. The number of carbonyl (C=O) groups excluding carboxylic acids is 1. The smallest absolute Gasteiger partial charge is 0.270 e. The van der Waals surface area contributed by atoms with E-state index in [1.54, 1.807) is 22.4 Å². The molecule has 0 radical (unpaired) electrons. The van der Waals surface area contributed by atoms with Crippen LogP contribution in [0.1, 0.15) is 5.76 Å². The lowest BCUT2D eigenvalue weighted by atomic mass is 10.1. The van der Waals surface area contributed by atoms with Gasteiger partial charge in [0.15, 0.2) is 5.76 Å². The molecule has 0 saturated heterocycles. The fourth-order valence-corrected chi connectivity index (χ4v) is 4.43. The van der Waals surface area contributed by atoms with Crippen LogP contribution >= 0.6 is 23.4 Å². The molecule has 0 saturated carbocycles. The standard InChI is InChI=1S/C22H13ClN4O4S/c23-17-10-14(27(29)30)6-7-15(17)19-8-9-20(31-19)18-12-32-22(16(11-24)21(25)28)26(18)13-4-2-1-3-5-13/h1-10,12H,(H2,25,28). The van der Waals surface area contributed by atoms with Crippen molar-refractivity contribution in [3.05, 3.63) is 97.6 Å². The van der Waals surface area contributed by atoms with E-state index in [2.05, 4.69) is 0 Å². The molecule has 2 N–H and O–H groups in total. The number of benzene rings is 2. The summed E-state index contributed by atoms with van der Waals surface area (Å²) < 4.78 is 6.01. The zero-order valence-corrected chi connectivity index (χ0v) is 17.8. The number of nitriles is 1. The largest absolute Gasteiger partial charge is 0.454 e. The number of nitro groups is 1. The first-order chi connectivity index (χ1) is 15.4. The lowest BCUT2D eigenvalue weighted by Gasteiger charge is -2.23. The van der Waals surface area contributed by atoms with Crippen LogP contribution < -0.4 is 10.6 Å². The summed E-state index contributed by atoms with van der Waals surface area (Å²) in [5.41, 5.74) is 6.91. The number of nitrogens with two attached hydrogens (primary N) is 1. The van der Waals surface area contributed by atoms with Gasteiger partial charge in [-0.1, -0.05) is 41.6 Å². The van der Waals surface area contributed by atoms with E-state index in [1.807, 2.05) is 36.4 Å². The number of primary amides is 1. The number of thioether (sulfide) groups is 1. The average Bonchev–Trinajstić information content (AvgIpc) is 3.42. The number of carbonyl (C=O) groups is 1. The Kier molecular flexibility index (Phi) is 5.73. The Morgan fingerprint density at radius 1 is 1.16 bits per heavy atom. The Balaban J connectivity index is 1.77. The van der Waals surface area contributed by atoms with E-state index >= 15 is 0 Å². The van der Waals surface area contributed by atoms with Crippen LogP contribution in [0, 0.1) is 21.4 Å². The lowest BCUT2D eigenvalue weighted by molar-refractivity contribution is -0.384. The number of nitro benzene ring substituents is 1. The zero-order valence-electron chi connectivity index (χ0n) is 16.2. The lowest BCUT2D eigenvalue weighted by Crippen LogP contribution is -2.22. The van der Waals surface area contributed by atoms with Crippen molar-refractivity contribution >= 4 is 46.3 Å². The van der Waals surface area contributed by atoms with E-state index in [9.17, 15) is 20.2 Å². The molecule has 1 amide bonds. The maximum absolute atomic E-state index is 11.8. The Morgan fingerprint density at radius 2 is 1.88 bits per heavy atom. The summed E-state index contributed by atoms with van der Waals surface area (Å²) in [5.74, 6) is 0.0255. The minimum atomic E-state index is -0.830. The fourth-order valence-electron chi connectivity index (χ4n) is 3.14. The number of hydrogen-bond donors (Lipinski definition) is 1. The predicted molar refractivity (Wildman–Crippen MR) is 122 cm³/mol. The van der Waals surface area contributed by atoms with Crippen molar-refractivity contribution in [2.45, 2.75) is 0 Å². The normalized spacial score (nSPS) is 14.6. The molecule has 0 bridgehead atoms. The van der Waals surface area contributed by atoms with Crippen molar-refractivity contribution < 1.29 is 14.1 Å². The number of amides is 1. The summed E-state index contributed by atoms with van der Waals surface area (Å²) in [4.78, 5) is 24.0. The molecule has 0 aliphatic carbocycles. The highest BCUT2D eigenvalue weighted by molar-refractivity contribution is 8.06. The molecule has 0 fully saturated rings. The average molecular weight is 465 g/mol. The van der Waals surface area contributed by atoms with Crippen molar-refractivity contribution in [1.29, 1.82) is 5.26 Å². The van der Waals surface area contributed by atoms with Crippen LogP contribution in [0.5, 0.6) is 0 Å². The van der Waals surface area contributed by atoms with Crippen molar-refractivity contribution in [2.75, 3.05) is 4.90 Å². The number of furan rings is 1. The van der Waals surface area contributed by atoms with E-state index < -0.39 is 10.8 Å². The van der Waals surface area contributed by atoms with Gasteiger partial charge in [-0.15, -0.1) is 0 Å². The first-order valence-electron chi connectivity index (χ1n) is 9.11. The Morgan fingerprint density at radius 3 is 2.50 bits per heavy atom. The summed E-state index contributed by atoms with van der Waals surface area (Å²) in [6.45, 7) is 0.